The Balaban J connectivity index is 1.42. The fraction of sp³-hybridized carbons (Fsp3) is 0.571. The van der Waals surface area contributed by atoms with E-state index in [2.05, 4.69) is 13.5 Å². The summed E-state index contributed by atoms with van der Waals surface area (Å²) in [4.78, 5) is 36.0. The second-order valence-corrected chi connectivity index (χ2v) is 12.1. The average molecular weight is 546 g/mol. The molecule has 2 N–H and O–H groups in total. The molecule has 2 saturated carbocycles. The lowest BCUT2D eigenvalue weighted by Crippen LogP contribution is -2.57. The molecule has 0 unspecified atom stereocenters. The molecule has 1 aromatic carbocycles. The van der Waals surface area contributed by atoms with Crippen LogP contribution >= 0.6 is 11.8 Å². The van der Waals surface area contributed by atoms with Crippen LogP contribution in [-0.2, 0) is 19.1 Å². The van der Waals surface area contributed by atoms with Crippen LogP contribution in [0.5, 0.6) is 0 Å². The number of esters is 2. The molecule has 3 fully saturated rings. The number of aliphatic hydroxyl groups is 2. The van der Waals surface area contributed by atoms with Crippen LogP contribution in [0.2, 0.25) is 0 Å². The van der Waals surface area contributed by atoms with Gasteiger partial charge < -0.3 is 19.7 Å². The lowest BCUT2D eigenvalue weighted by Gasteiger charge is -2.59. The number of non-ortho nitro benzene ring substituents is 1. The Morgan fingerprint density at radius 3 is 2.68 bits per heavy atom. The first-order chi connectivity index (χ1) is 18.0. The maximum absolute atomic E-state index is 12.5. The zero-order valence-corrected chi connectivity index (χ0v) is 22.6. The van der Waals surface area contributed by atoms with Crippen molar-refractivity contribution < 1.29 is 34.2 Å². The molecule has 3 aliphatic rings. The fourth-order valence-electron chi connectivity index (χ4n) is 6.65. The number of carbonyl (C=O) groups is 2. The highest BCUT2D eigenvalue weighted by atomic mass is 32.2. The molecule has 4 rings (SSSR count). The van der Waals surface area contributed by atoms with Crippen molar-refractivity contribution in [3.63, 3.8) is 0 Å². The van der Waals surface area contributed by atoms with Crippen molar-refractivity contribution >= 4 is 29.4 Å². The predicted octanol–water partition coefficient (Wildman–Crippen LogP) is 4.21. The molecular formula is C28H35NO8S. The largest absolute Gasteiger partial charge is 0.458 e. The summed E-state index contributed by atoms with van der Waals surface area (Å²) in [5, 5.41) is 31.7. The van der Waals surface area contributed by atoms with Crippen molar-refractivity contribution in [2.75, 3.05) is 19.0 Å². The highest BCUT2D eigenvalue weighted by molar-refractivity contribution is 8.00. The van der Waals surface area contributed by atoms with Crippen molar-refractivity contribution in [2.45, 2.75) is 63.1 Å². The lowest BCUT2D eigenvalue weighted by atomic mass is 9.46. The molecule has 0 aromatic heterocycles. The first kappa shape index (κ1) is 28.3. The van der Waals surface area contributed by atoms with E-state index in [9.17, 15) is 29.9 Å². The first-order valence-corrected chi connectivity index (χ1v) is 13.9. The van der Waals surface area contributed by atoms with Gasteiger partial charge in [0.1, 0.15) is 6.61 Å². The minimum Gasteiger partial charge on any atom is -0.458 e. The minimum absolute atomic E-state index is 0.0168. The van der Waals surface area contributed by atoms with Gasteiger partial charge in [0.05, 0.1) is 29.0 Å². The molecule has 9 nitrogen and oxygen atoms in total. The Morgan fingerprint density at radius 2 is 2.03 bits per heavy atom. The number of benzene rings is 1. The molecule has 206 valence electrons. The summed E-state index contributed by atoms with van der Waals surface area (Å²) in [6.07, 6.45) is 4.01. The van der Waals surface area contributed by atoms with Gasteiger partial charge in [-0.05, 0) is 61.5 Å². The molecule has 1 saturated heterocycles. The molecule has 38 heavy (non-hydrogen) atoms. The van der Waals surface area contributed by atoms with Crippen LogP contribution in [0.1, 0.15) is 46.0 Å². The van der Waals surface area contributed by atoms with Gasteiger partial charge in [-0.2, -0.15) is 0 Å². The molecule has 10 heteroatoms. The van der Waals surface area contributed by atoms with Crippen LogP contribution in [-0.4, -0.2) is 58.2 Å². The van der Waals surface area contributed by atoms with Crippen molar-refractivity contribution in [1.29, 1.82) is 0 Å². The number of rotatable bonds is 8. The van der Waals surface area contributed by atoms with Crippen LogP contribution in [0, 0.1) is 32.8 Å². The third-order valence-corrected chi connectivity index (χ3v) is 9.88. The van der Waals surface area contributed by atoms with E-state index in [-0.39, 0.29) is 41.9 Å². The van der Waals surface area contributed by atoms with Crippen LogP contribution in [0.3, 0.4) is 0 Å². The topological polar surface area (TPSA) is 136 Å². The number of carbonyl (C=O) groups excluding carboxylic acids is 2. The Morgan fingerprint density at radius 1 is 1.32 bits per heavy atom. The number of allylic oxidation sites excluding steroid dienone is 2. The van der Waals surface area contributed by atoms with Gasteiger partial charge in [0, 0.05) is 22.4 Å². The van der Waals surface area contributed by atoms with Crippen molar-refractivity contribution in [3.05, 3.63) is 58.2 Å². The van der Waals surface area contributed by atoms with E-state index in [4.69, 9.17) is 9.47 Å². The van der Waals surface area contributed by atoms with Gasteiger partial charge in [0.2, 0.25) is 0 Å². The summed E-state index contributed by atoms with van der Waals surface area (Å²) in [5.74, 6) is -0.880. The third-order valence-electron chi connectivity index (χ3n) is 8.89. The zero-order valence-electron chi connectivity index (χ0n) is 21.8. The molecule has 0 radical (unpaired) electrons. The molecule has 0 amide bonds. The van der Waals surface area contributed by atoms with E-state index in [0.717, 1.165) is 24.8 Å². The summed E-state index contributed by atoms with van der Waals surface area (Å²) >= 11 is 1.19. The van der Waals surface area contributed by atoms with Crippen LogP contribution in [0.4, 0.5) is 5.69 Å². The van der Waals surface area contributed by atoms with Crippen LogP contribution in [0.25, 0.3) is 0 Å². The number of nitrogens with zero attached hydrogens (tertiary/aromatic N) is 1. The molecule has 0 spiro atoms. The number of hydrogen-bond donors (Lipinski definition) is 2. The predicted molar refractivity (Wildman–Crippen MR) is 141 cm³/mol. The highest BCUT2D eigenvalue weighted by Crippen LogP contribution is 2.61. The van der Waals surface area contributed by atoms with Crippen molar-refractivity contribution in [1.82, 2.24) is 0 Å². The summed E-state index contributed by atoms with van der Waals surface area (Å²) in [6, 6.07) is 5.89. The summed E-state index contributed by atoms with van der Waals surface area (Å²) in [7, 11) is 0. The maximum atomic E-state index is 12.5. The number of ether oxygens (including phenoxy) is 2. The normalized spacial score (nSPS) is 34.1. The minimum atomic E-state index is -0.802. The summed E-state index contributed by atoms with van der Waals surface area (Å²) < 4.78 is 10.8. The first-order valence-electron chi connectivity index (χ1n) is 12.9. The van der Waals surface area contributed by atoms with Gasteiger partial charge in [-0.3, -0.25) is 14.9 Å². The number of aliphatic hydroxyl groups excluding tert-OH is 2. The Labute approximate surface area is 226 Å². The van der Waals surface area contributed by atoms with Crippen molar-refractivity contribution in [3.8, 4) is 0 Å². The van der Waals surface area contributed by atoms with Gasteiger partial charge in [0.15, 0.2) is 6.10 Å². The van der Waals surface area contributed by atoms with E-state index in [1.807, 2.05) is 13.0 Å². The zero-order chi connectivity index (χ0) is 27.7. The maximum Gasteiger partial charge on any atom is 0.337 e. The number of hydrogen-bond acceptors (Lipinski definition) is 9. The van der Waals surface area contributed by atoms with E-state index >= 15 is 0 Å². The lowest BCUT2D eigenvalue weighted by molar-refractivity contribution is -0.384. The van der Waals surface area contributed by atoms with Crippen LogP contribution in [0.15, 0.2) is 53.0 Å². The van der Waals surface area contributed by atoms with Gasteiger partial charge in [-0.1, -0.05) is 32.1 Å². The summed E-state index contributed by atoms with van der Waals surface area (Å²) in [5.41, 5.74) is 0.596. The quantitative estimate of drug-likeness (QED) is 0.123. The van der Waals surface area contributed by atoms with Crippen molar-refractivity contribution in [2.24, 2.45) is 22.7 Å². The number of thioether (sulfide) groups is 1. The van der Waals surface area contributed by atoms with Gasteiger partial charge >= 0.3 is 11.9 Å². The molecule has 1 aliphatic heterocycles. The van der Waals surface area contributed by atoms with E-state index in [1.165, 1.54) is 23.9 Å². The second-order valence-electron chi connectivity index (χ2n) is 11.0. The van der Waals surface area contributed by atoms with Gasteiger partial charge in [-0.25, -0.2) is 4.79 Å². The molecule has 6 atom stereocenters. The molecule has 1 heterocycles. The van der Waals surface area contributed by atoms with Crippen LogP contribution < -0.4 is 0 Å². The fourth-order valence-corrected chi connectivity index (χ4v) is 7.33. The van der Waals surface area contributed by atoms with Gasteiger partial charge in [-0.15, -0.1) is 11.8 Å². The third kappa shape index (κ3) is 5.39. The second kappa shape index (κ2) is 11.2. The monoisotopic (exact) mass is 545 g/mol. The molecular weight excluding hydrogens is 510 g/mol. The van der Waals surface area contributed by atoms with E-state index in [1.54, 1.807) is 12.1 Å². The average Bonchev–Trinajstić information content (AvgIpc) is 3.23. The SMILES string of the molecule is C=C1CC[C@@H]2[C@](C)(CO)[C@H](O)CC[C@@]2(C)[C@@H]1C/C=C1/C(=O)OC[C@H]1OC(=O)CSc1ccc([N+](=O)[O-])cc1. The number of nitro groups is 1. The number of fused-ring (bicyclic) bond motifs is 1. The molecule has 2 aliphatic carbocycles. The van der Waals surface area contributed by atoms with Gasteiger partial charge in [0.25, 0.3) is 5.69 Å². The Bertz CT molecular complexity index is 1130. The highest BCUT2D eigenvalue weighted by Gasteiger charge is 2.57. The van der Waals surface area contributed by atoms with E-state index in [0.29, 0.717) is 23.3 Å². The number of cyclic esters (lactones) is 1. The Hall–Kier alpha value is -2.69. The number of nitro benzene ring substituents is 1. The Kier molecular flexibility index (Phi) is 8.34. The van der Waals surface area contributed by atoms with E-state index < -0.39 is 34.5 Å². The molecule has 0 bridgehead atoms. The standard InChI is InChI=1S/C28H35NO8S/c1-17-4-11-23-27(2,13-12-24(31)28(23,3)16-30)21(17)10-9-20-22(14-36-26(20)33)37-25(32)15-38-19-7-5-18(6-8-19)29(34)35/h5-9,21-24,30-31H,1,4,10-16H2,2-3H3/b20-9+/t21-,22-,23+,24-,27+,28+/m1/s1. The molecule has 1 aromatic rings. The smallest absolute Gasteiger partial charge is 0.337 e. The summed E-state index contributed by atoms with van der Waals surface area (Å²) in [6.45, 7) is 8.36.